The first-order chi connectivity index (χ1) is 10.3. The normalized spacial score (nSPS) is 21.6. The lowest BCUT2D eigenvalue weighted by Gasteiger charge is -2.48. The predicted molar refractivity (Wildman–Crippen MR) is 75.6 cm³/mol. The molecule has 2 aliphatic heterocycles. The van der Waals surface area contributed by atoms with Crippen molar-refractivity contribution in [1.29, 1.82) is 0 Å². The molecule has 7 nitrogen and oxygen atoms in total. The summed E-state index contributed by atoms with van der Waals surface area (Å²) in [5, 5.41) is 7.22. The first-order valence-corrected chi connectivity index (χ1v) is 7.51. The molecule has 0 bridgehead atoms. The molecule has 112 valence electrons. The van der Waals surface area contributed by atoms with Gasteiger partial charge in [-0.1, -0.05) is 0 Å². The zero-order valence-corrected chi connectivity index (χ0v) is 12.2. The Kier molecular flexibility index (Phi) is 3.04. The second-order valence-corrected chi connectivity index (χ2v) is 5.88. The Bertz CT molecular complexity index is 627. The molecule has 7 heteroatoms. The van der Waals surface area contributed by atoms with Gasteiger partial charge in [0.1, 0.15) is 5.82 Å². The van der Waals surface area contributed by atoms with Crippen LogP contribution in [0.15, 0.2) is 6.33 Å². The number of ether oxygens (including phenoxy) is 1. The number of hydrogen-bond donors (Lipinski definition) is 2. The molecule has 2 aromatic heterocycles. The summed E-state index contributed by atoms with van der Waals surface area (Å²) in [5.41, 5.74) is 2.45. The molecule has 0 saturated carbocycles. The quantitative estimate of drug-likeness (QED) is 0.858. The number of rotatable bonds is 2. The van der Waals surface area contributed by atoms with Gasteiger partial charge in [0.2, 0.25) is 0 Å². The predicted octanol–water partition coefficient (Wildman–Crippen LogP) is 0.900. The van der Waals surface area contributed by atoms with Crippen molar-refractivity contribution in [2.75, 3.05) is 19.8 Å². The van der Waals surface area contributed by atoms with Crippen molar-refractivity contribution in [2.45, 2.75) is 38.3 Å². The van der Waals surface area contributed by atoms with Crippen molar-refractivity contribution in [1.82, 2.24) is 30.0 Å². The highest BCUT2D eigenvalue weighted by Gasteiger charge is 2.45. The SMILES string of the molecule is Cc1nc(CN2CCc3[nH]cnc3C23CCOCC3)n[nH]1. The Morgan fingerprint density at radius 1 is 1.38 bits per heavy atom. The topological polar surface area (TPSA) is 82.7 Å². The molecule has 0 radical (unpaired) electrons. The number of aryl methyl sites for hydroxylation is 1. The number of nitrogens with one attached hydrogen (secondary N) is 2. The number of H-pyrrole nitrogens is 2. The van der Waals surface area contributed by atoms with Crippen LogP contribution in [0, 0.1) is 6.92 Å². The standard InChI is InChI=1S/C14H20N6O/c1-10-17-12(19-18-10)8-20-5-2-11-13(16-9-15-11)14(20)3-6-21-7-4-14/h9H,2-8H2,1H3,(H,15,16)(H,17,18,19). The minimum Gasteiger partial charge on any atom is -0.381 e. The minimum atomic E-state index is -0.0274. The van der Waals surface area contributed by atoms with Crippen molar-refractivity contribution in [3.05, 3.63) is 29.4 Å². The first kappa shape index (κ1) is 13.0. The Morgan fingerprint density at radius 3 is 3.00 bits per heavy atom. The maximum atomic E-state index is 5.59. The van der Waals surface area contributed by atoms with E-state index < -0.39 is 0 Å². The fourth-order valence-corrected chi connectivity index (χ4v) is 3.65. The van der Waals surface area contributed by atoms with E-state index in [0.717, 1.165) is 57.2 Å². The summed E-state index contributed by atoms with van der Waals surface area (Å²) in [6, 6.07) is 0. The molecule has 0 unspecified atom stereocenters. The highest BCUT2D eigenvalue weighted by molar-refractivity contribution is 5.26. The summed E-state index contributed by atoms with van der Waals surface area (Å²) in [7, 11) is 0. The molecule has 21 heavy (non-hydrogen) atoms. The third kappa shape index (κ3) is 2.08. The number of imidazole rings is 1. The Morgan fingerprint density at radius 2 is 2.24 bits per heavy atom. The van der Waals surface area contributed by atoms with Gasteiger partial charge in [0, 0.05) is 31.9 Å². The zero-order valence-electron chi connectivity index (χ0n) is 12.2. The van der Waals surface area contributed by atoms with Gasteiger partial charge < -0.3 is 9.72 Å². The number of fused-ring (bicyclic) bond motifs is 2. The summed E-state index contributed by atoms with van der Waals surface area (Å²) < 4.78 is 5.59. The van der Waals surface area contributed by atoms with Crippen LogP contribution in [-0.4, -0.2) is 49.8 Å². The van der Waals surface area contributed by atoms with Gasteiger partial charge >= 0.3 is 0 Å². The van der Waals surface area contributed by atoms with Gasteiger partial charge in [-0.2, -0.15) is 5.10 Å². The molecule has 0 atom stereocenters. The van der Waals surface area contributed by atoms with Gasteiger partial charge in [0.25, 0.3) is 0 Å². The largest absolute Gasteiger partial charge is 0.381 e. The lowest BCUT2D eigenvalue weighted by atomic mass is 9.80. The van der Waals surface area contributed by atoms with Crippen LogP contribution in [0.1, 0.15) is 35.9 Å². The molecule has 1 spiro atoms. The van der Waals surface area contributed by atoms with Gasteiger partial charge in [0.05, 0.1) is 24.1 Å². The summed E-state index contributed by atoms with van der Waals surface area (Å²) in [6.45, 7) is 5.27. The molecule has 1 fully saturated rings. The number of nitrogens with zero attached hydrogens (tertiary/aromatic N) is 4. The van der Waals surface area contributed by atoms with E-state index in [0.29, 0.717) is 0 Å². The molecule has 4 rings (SSSR count). The molecule has 2 N–H and O–H groups in total. The van der Waals surface area contributed by atoms with Crippen molar-refractivity contribution in [2.24, 2.45) is 0 Å². The number of hydrogen-bond acceptors (Lipinski definition) is 5. The van der Waals surface area contributed by atoms with Crippen molar-refractivity contribution in [3.8, 4) is 0 Å². The van der Waals surface area contributed by atoms with E-state index in [1.807, 2.05) is 13.3 Å². The van der Waals surface area contributed by atoms with Crippen LogP contribution in [0.3, 0.4) is 0 Å². The van der Waals surface area contributed by atoms with E-state index in [-0.39, 0.29) is 5.54 Å². The Labute approximate surface area is 123 Å². The maximum Gasteiger partial charge on any atom is 0.164 e. The van der Waals surface area contributed by atoms with Gasteiger partial charge in [-0.15, -0.1) is 0 Å². The van der Waals surface area contributed by atoms with E-state index in [1.54, 1.807) is 0 Å². The fourth-order valence-electron chi connectivity index (χ4n) is 3.65. The molecule has 2 aliphatic rings. The first-order valence-electron chi connectivity index (χ1n) is 7.51. The van der Waals surface area contributed by atoms with Gasteiger partial charge in [0.15, 0.2) is 5.82 Å². The molecule has 2 aromatic rings. The van der Waals surface area contributed by atoms with Crippen LogP contribution in [0.4, 0.5) is 0 Å². The highest BCUT2D eigenvalue weighted by atomic mass is 16.5. The maximum absolute atomic E-state index is 5.59. The summed E-state index contributed by atoms with van der Waals surface area (Å²) >= 11 is 0. The number of aromatic amines is 2. The van der Waals surface area contributed by atoms with E-state index >= 15 is 0 Å². The Balaban J connectivity index is 1.69. The second kappa shape index (κ2) is 4.92. The summed E-state index contributed by atoms with van der Waals surface area (Å²) in [4.78, 5) is 14.9. The summed E-state index contributed by atoms with van der Waals surface area (Å²) in [6.07, 6.45) is 4.78. The van der Waals surface area contributed by atoms with Crippen LogP contribution in [-0.2, 0) is 23.2 Å². The molecular weight excluding hydrogens is 268 g/mol. The van der Waals surface area contributed by atoms with Crippen LogP contribution in [0.25, 0.3) is 0 Å². The third-order valence-electron chi connectivity index (χ3n) is 4.69. The minimum absolute atomic E-state index is 0.0274. The van der Waals surface area contributed by atoms with Gasteiger partial charge in [-0.05, 0) is 19.8 Å². The highest BCUT2D eigenvalue weighted by Crippen LogP contribution is 2.42. The number of aromatic nitrogens is 5. The van der Waals surface area contributed by atoms with E-state index in [4.69, 9.17) is 4.74 Å². The molecular formula is C14H20N6O. The average Bonchev–Trinajstić information content (AvgIpc) is 3.13. The van der Waals surface area contributed by atoms with Crippen LogP contribution >= 0.6 is 0 Å². The molecule has 0 amide bonds. The fraction of sp³-hybridized carbons (Fsp3) is 0.643. The zero-order chi connectivity index (χ0) is 14.3. The second-order valence-electron chi connectivity index (χ2n) is 5.88. The third-order valence-corrected chi connectivity index (χ3v) is 4.69. The van der Waals surface area contributed by atoms with Crippen LogP contribution in [0.5, 0.6) is 0 Å². The monoisotopic (exact) mass is 288 g/mol. The van der Waals surface area contributed by atoms with Crippen molar-refractivity contribution in [3.63, 3.8) is 0 Å². The average molecular weight is 288 g/mol. The molecule has 0 aromatic carbocycles. The smallest absolute Gasteiger partial charge is 0.164 e. The lowest BCUT2D eigenvalue weighted by molar-refractivity contribution is -0.0460. The molecule has 0 aliphatic carbocycles. The van der Waals surface area contributed by atoms with Crippen LogP contribution in [0.2, 0.25) is 0 Å². The van der Waals surface area contributed by atoms with Gasteiger partial charge in [-0.3, -0.25) is 10.00 Å². The van der Waals surface area contributed by atoms with Crippen molar-refractivity contribution >= 4 is 0 Å². The van der Waals surface area contributed by atoms with E-state index in [1.165, 1.54) is 11.4 Å². The van der Waals surface area contributed by atoms with E-state index in [2.05, 4.69) is 30.0 Å². The molecule has 1 saturated heterocycles. The van der Waals surface area contributed by atoms with Crippen molar-refractivity contribution < 1.29 is 4.74 Å². The van der Waals surface area contributed by atoms with Crippen LogP contribution < -0.4 is 0 Å². The van der Waals surface area contributed by atoms with Gasteiger partial charge in [-0.25, -0.2) is 9.97 Å². The molecule has 4 heterocycles. The lowest BCUT2D eigenvalue weighted by Crippen LogP contribution is -2.53. The Hall–Kier alpha value is -1.73. The summed E-state index contributed by atoms with van der Waals surface area (Å²) in [5.74, 6) is 1.72. The van der Waals surface area contributed by atoms with E-state index in [9.17, 15) is 0 Å².